The van der Waals surface area contributed by atoms with Crippen LogP contribution < -0.4 is 5.56 Å². The molecule has 6 heteroatoms. The topological polar surface area (TPSA) is 52.2 Å². The van der Waals surface area contributed by atoms with Gasteiger partial charge in [-0.15, -0.1) is 11.7 Å². The molecular weight excluding hydrogens is 356 g/mol. The second kappa shape index (κ2) is 6.68. The second-order valence-electron chi connectivity index (χ2n) is 7.21. The summed E-state index contributed by atoms with van der Waals surface area (Å²) < 4.78 is 3.46. The minimum absolute atomic E-state index is 0.0140. The summed E-state index contributed by atoms with van der Waals surface area (Å²) in [6, 6.07) is 8.29. The van der Waals surface area contributed by atoms with Crippen LogP contribution in [0, 0.1) is 0 Å². The number of thioether (sulfide) groups is 1. The third kappa shape index (κ3) is 2.65. The number of hydrogen-bond donors (Lipinski definition) is 0. The van der Waals surface area contributed by atoms with E-state index in [2.05, 4.69) is 50.6 Å². The fraction of sp³-hybridized carbons (Fsp3) is 0.381. The van der Waals surface area contributed by atoms with Crippen molar-refractivity contribution in [2.45, 2.75) is 50.7 Å². The van der Waals surface area contributed by atoms with Crippen molar-refractivity contribution in [1.82, 2.24) is 19.2 Å². The Bertz CT molecular complexity index is 1100. The highest BCUT2D eigenvalue weighted by Crippen LogP contribution is 2.42. The Morgan fingerprint density at radius 3 is 2.81 bits per heavy atom. The molecule has 0 N–H and O–H groups in total. The molecule has 0 spiro atoms. The van der Waals surface area contributed by atoms with E-state index >= 15 is 0 Å². The van der Waals surface area contributed by atoms with E-state index in [4.69, 9.17) is 4.98 Å². The summed E-state index contributed by atoms with van der Waals surface area (Å²) in [5, 5.41) is 5.34. The van der Waals surface area contributed by atoms with Crippen LogP contribution in [-0.2, 0) is 18.4 Å². The summed E-state index contributed by atoms with van der Waals surface area (Å²) in [5.41, 5.74) is 3.73. The Hall–Kier alpha value is -2.34. The highest BCUT2D eigenvalue weighted by molar-refractivity contribution is 7.99. The molecule has 27 heavy (non-hydrogen) atoms. The molecule has 1 atom stereocenters. The van der Waals surface area contributed by atoms with Crippen LogP contribution in [0.25, 0.3) is 17.0 Å². The summed E-state index contributed by atoms with van der Waals surface area (Å²) in [6.07, 6.45) is 3.52. The van der Waals surface area contributed by atoms with E-state index in [9.17, 15) is 4.79 Å². The molecule has 0 unspecified atom stereocenters. The lowest BCUT2D eigenvalue weighted by molar-refractivity contribution is 0.439. The smallest absolute Gasteiger partial charge is 0.265 e. The van der Waals surface area contributed by atoms with Gasteiger partial charge in [-0.2, -0.15) is 0 Å². The molecule has 5 nitrogen and oxygen atoms in total. The van der Waals surface area contributed by atoms with Crippen molar-refractivity contribution >= 4 is 17.5 Å². The van der Waals surface area contributed by atoms with Gasteiger partial charge in [0.2, 0.25) is 5.78 Å². The molecule has 4 rings (SSSR count). The van der Waals surface area contributed by atoms with E-state index in [1.807, 2.05) is 6.07 Å². The summed E-state index contributed by atoms with van der Waals surface area (Å²) in [6.45, 7) is 10.7. The highest BCUT2D eigenvalue weighted by Gasteiger charge is 2.38. The maximum absolute atomic E-state index is 13.7. The molecule has 0 fully saturated rings. The minimum atomic E-state index is -0.232. The lowest BCUT2D eigenvalue weighted by Gasteiger charge is -2.35. The molecule has 2 aromatic heterocycles. The largest absolute Gasteiger partial charge is 0.268 e. The fourth-order valence-corrected chi connectivity index (χ4v) is 4.68. The van der Waals surface area contributed by atoms with E-state index < -0.39 is 0 Å². The fourth-order valence-electron chi connectivity index (χ4n) is 3.97. The van der Waals surface area contributed by atoms with Crippen molar-refractivity contribution in [2.24, 2.45) is 0 Å². The van der Waals surface area contributed by atoms with Crippen LogP contribution >= 0.6 is 11.8 Å². The molecular formula is C21H24N4OS. The molecule has 0 saturated heterocycles. The number of rotatable bonds is 5. The molecule has 0 amide bonds. The Morgan fingerprint density at radius 2 is 2.11 bits per heavy atom. The van der Waals surface area contributed by atoms with Gasteiger partial charge in [0.1, 0.15) is 0 Å². The molecule has 0 bridgehead atoms. The number of allylic oxidation sites excluding steroid dienone is 1. The van der Waals surface area contributed by atoms with Crippen molar-refractivity contribution < 1.29 is 0 Å². The van der Waals surface area contributed by atoms with E-state index in [-0.39, 0.29) is 11.0 Å². The van der Waals surface area contributed by atoms with Crippen molar-refractivity contribution in [3.05, 3.63) is 58.4 Å². The van der Waals surface area contributed by atoms with Crippen molar-refractivity contribution in [1.29, 1.82) is 0 Å². The van der Waals surface area contributed by atoms with Gasteiger partial charge in [0.15, 0.2) is 5.16 Å². The van der Waals surface area contributed by atoms with Crippen LogP contribution in [0.4, 0.5) is 0 Å². The molecule has 0 saturated carbocycles. The number of hydrogen-bond acceptors (Lipinski definition) is 4. The van der Waals surface area contributed by atoms with E-state index in [0.29, 0.717) is 17.5 Å². The first-order valence-corrected chi connectivity index (χ1v) is 10.4. The Labute approximate surface area is 163 Å². The van der Waals surface area contributed by atoms with Crippen LogP contribution in [0.1, 0.15) is 38.3 Å². The van der Waals surface area contributed by atoms with Gasteiger partial charge < -0.3 is 0 Å². The number of fused-ring (bicyclic) bond motifs is 4. The van der Waals surface area contributed by atoms with Gasteiger partial charge in [0, 0.05) is 11.0 Å². The number of benzene rings is 1. The summed E-state index contributed by atoms with van der Waals surface area (Å²) in [7, 11) is 0. The van der Waals surface area contributed by atoms with Crippen LogP contribution in [0.2, 0.25) is 0 Å². The first-order valence-electron chi connectivity index (χ1n) is 9.40. The predicted octanol–water partition coefficient (Wildman–Crippen LogP) is 4.08. The molecule has 0 aliphatic heterocycles. The van der Waals surface area contributed by atoms with Crippen LogP contribution in [0.3, 0.4) is 0 Å². The van der Waals surface area contributed by atoms with Crippen LogP contribution in [0.5, 0.6) is 0 Å². The monoisotopic (exact) mass is 380 g/mol. The summed E-state index contributed by atoms with van der Waals surface area (Å²) in [4.78, 5) is 18.7. The van der Waals surface area contributed by atoms with Crippen LogP contribution in [-0.4, -0.2) is 24.9 Å². The quantitative estimate of drug-likeness (QED) is 0.494. The second-order valence-corrected chi connectivity index (χ2v) is 8.44. The average Bonchev–Trinajstić information content (AvgIpc) is 3.00. The molecule has 140 valence electrons. The first-order chi connectivity index (χ1) is 13.0. The van der Waals surface area contributed by atoms with Gasteiger partial charge in [0.05, 0.1) is 17.8 Å². The van der Waals surface area contributed by atoms with Crippen LogP contribution in [0.15, 0.2) is 46.9 Å². The molecule has 1 aliphatic carbocycles. The van der Waals surface area contributed by atoms with E-state index in [1.54, 1.807) is 26.9 Å². The summed E-state index contributed by atoms with van der Waals surface area (Å²) in [5.74, 6) is 1.43. The van der Waals surface area contributed by atoms with Gasteiger partial charge in [-0.3, -0.25) is 4.79 Å². The molecule has 1 aliphatic rings. The predicted molar refractivity (Wildman–Crippen MR) is 111 cm³/mol. The van der Waals surface area contributed by atoms with Gasteiger partial charge in [-0.25, -0.2) is 14.1 Å². The molecule has 1 aromatic carbocycles. The van der Waals surface area contributed by atoms with Gasteiger partial charge in [-0.05, 0) is 24.2 Å². The first kappa shape index (κ1) is 18.0. The maximum atomic E-state index is 13.7. The lowest BCUT2D eigenvalue weighted by Crippen LogP contribution is -2.37. The highest BCUT2D eigenvalue weighted by atomic mass is 32.2. The SMILES string of the molecule is C=CCn1nc(SCC)n2c(=O)c3c(nc12)-c1ccccc1C[C@]3(C)CC. The van der Waals surface area contributed by atoms with E-state index in [1.165, 1.54) is 5.56 Å². The van der Waals surface area contributed by atoms with E-state index in [0.717, 1.165) is 35.4 Å². The van der Waals surface area contributed by atoms with Gasteiger partial charge in [-0.1, -0.05) is 62.9 Å². The van der Waals surface area contributed by atoms with Gasteiger partial charge >= 0.3 is 0 Å². The van der Waals surface area contributed by atoms with Crippen molar-refractivity contribution in [3.63, 3.8) is 0 Å². The third-order valence-electron chi connectivity index (χ3n) is 5.51. The molecule has 0 radical (unpaired) electrons. The van der Waals surface area contributed by atoms with Crippen molar-refractivity contribution in [3.8, 4) is 11.3 Å². The Kier molecular flexibility index (Phi) is 4.46. The molecule has 3 aromatic rings. The normalized spacial score (nSPS) is 18.3. The zero-order valence-corrected chi connectivity index (χ0v) is 16.8. The standard InChI is InChI=1S/C21H24N4OS/c1-5-12-24-19-22-17-15-11-9-8-10-14(15)13-21(4,6-2)16(17)18(26)25(19)20(23-24)27-7-3/h5,8-11H,1,6-7,12-13H2,2-4H3/t21-/m0/s1. The lowest BCUT2D eigenvalue weighted by atomic mass is 9.69. The zero-order valence-electron chi connectivity index (χ0n) is 16.0. The zero-order chi connectivity index (χ0) is 19.2. The minimum Gasteiger partial charge on any atom is -0.268 e. The average molecular weight is 381 g/mol. The third-order valence-corrected chi connectivity index (χ3v) is 6.32. The number of aromatic nitrogens is 4. The summed E-state index contributed by atoms with van der Waals surface area (Å²) >= 11 is 1.57. The number of nitrogens with zero attached hydrogens (tertiary/aromatic N) is 4. The molecule has 2 heterocycles. The maximum Gasteiger partial charge on any atom is 0.265 e. The van der Waals surface area contributed by atoms with Gasteiger partial charge in [0.25, 0.3) is 5.56 Å². The van der Waals surface area contributed by atoms with Crippen molar-refractivity contribution in [2.75, 3.05) is 5.75 Å². The Morgan fingerprint density at radius 1 is 1.33 bits per heavy atom. The Balaban J connectivity index is 2.14.